The topological polar surface area (TPSA) is 0 Å². The molecule has 0 heterocycles. The summed E-state index contributed by atoms with van der Waals surface area (Å²) in [7, 11) is 0. The molecular weight excluding hydrogens is 288 g/mol. The van der Waals surface area contributed by atoms with Crippen LogP contribution in [0.1, 0.15) is 130 Å². The predicted octanol–water partition coefficient (Wildman–Crippen LogP) is 9.10. The number of unbranched alkanes of at least 4 members (excludes halogenated alkanes) is 12. The molecule has 2 atom stereocenters. The first-order chi connectivity index (χ1) is 11.6. The highest BCUT2D eigenvalue weighted by atomic mass is 14.3. The Morgan fingerprint density at radius 2 is 1.12 bits per heavy atom. The lowest BCUT2D eigenvalue weighted by Crippen LogP contribution is -2.23. The van der Waals surface area contributed by atoms with Gasteiger partial charge in [0.25, 0.3) is 0 Å². The molecule has 0 rings (SSSR count). The maximum absolute atomic E-state index is 4.17. The van der Waals surface area contributed by atoms with E-state index in [-0.39, 0.29) is 0 Å². The molecule has 0 heteroatoms. The van der Waals surface area contributed by atoms with Crippen LogP contribution in [0.4, 0.5) is 0 Å². The molecule has 0 aliphatic rings. The van der Waals surface area contributed by atoms with E-state index < -0.39 is 0 Å². The van der Waals surface area contributed by atoms with E-state index >= 15 is 0 Å². The zero-order valence-electron chi connectivity index (χ0n) is 17.7. The van der Waals surface area contributed by atoms with E-state index in [0.29, 0.717) is 5.41 Å². The Morgan fingerprint density at radius 1 is 0.708 bits per heavy atom. The third-order valence-electron chi connectivity index (χ3n) is 6.15. The fourth-order valence-corrected chi connectivity index (χ4v) is 3.75. The van der Waals surface area contributed by atoms with Gasteiger partial charge in [0.05, 0.1) is 0 Å². The Kier molecular flexibility index (Phi) is 16.0. The molecule has 0 aliphatic heterocycles. The highest BCUT2D eigenvalue weighted by Gasteiger charge is 2.26. The molecular formula is C24H48. The van der Waals surface area contributed by atoms with Crippen molar-refractivity contribution in [1.29, 1.82) is 0 Å². The third-order valence-corrected chi connectivity index (χ3v) is 6.15. The van der Waals surface area contributed by atoms with Crippen LogP contribution in [0.25, 0.3) is 0 Å². The maximum Gasteiger partial charge on any atom is -0.0124 e. The van der Waals surface area contributed by atoms with Crippen LogP contribution in [0.5, 0.6) is 0 Å². The van der Waals surface area contributed by atoms with Crippen LogP contribution in [-0.4, -0.2) is 0 Å². The van der Waals surface area contributed by atoms with Crippen LogP contribution in [0.2, 0.25) is 0 Å². The predicted molar refractivity (Wildman–Crippen MR) is 113 cm³/mol. The second kappa shape index (κ2) is 16.2. The van der Waals surface area contributed by atoms with Gasteiger partial charge in [-0.25, -0.2) is 0 Å². The number of hydrogen-bond acceptors (Lipinski definition) is 0. The largest absolute Gasteiger partial charge is 0.103 e. The molecule has 144 valence electrons. The van der Waals surface area contributed by atoms with Crippen LogP contribution in [0, 0.1) is 11.3 Å². The van der Waals surface area contributed by atoms with E-state index in [0.717, 1.165) is 5.92 Å². The van der Waals surface area contributed by atoms with E-state index in [9.17, 15) is 0 Å². The van der Waals surface area contributed by atoms with Crippen LogP contribution in [0.3, 0.4) is 0 Å². The second-order valence-electron chi connectivity index (χ2n) is 8.39. The van der Waals surface area contributed by atoms with Crippen molar-refractivity contribution in [3.05, 3.63) is 12.7 Å². The molecule has 0 N–H and O–H groups in total. The second-order valence-corrected chi connectivity index (χ2v) is 8.39. The van der Waals surface area contributed by atoms with Crippen molar-refractivity contribution >= 4 is 0 Å². The minimum atomic E-state index is 0.353. The van der Waals surface area contributed by atoms with E-state index in [4.69, 9.17) is 0 Å². The van der Waals surface area contributed by atoms with Crippen molar-refractivity contribution in [1.82, 2.24) is 0 Å². The van der Waals surface area contributed by atoms with Gasteiger partial charge in [-0.15, -0.1) is 6.58 Å². The summed E-state index contributed by atoms with van der Waals surface area (Å²) in [5, 5.41) is 0. The monoisotopic (exact) mass is 336 g/mol. The van der Waals surface area contributed by atoms with E-state index in [1.165, 1.54) is 103 Å². The molecule has 0 aromatic rings. The lowest BCUT2D eigenvalue weighted by Gasteiger charge is -2.33. The molecule has 2 unspecified atom stereocenters. The molecule has 0 saturated carbocycles. The minimum absolute atomic E-state index is 0.353. The average molecular weight is 337 g/mol. The first-order valence-electron chi connectivity index (χ1n) is 11.2. The summed E-state index contributed by atoms with van der Waals surface area (Å²) in [5.41, 5.74) is 0.353. The molecule has 0 saturated heterocycles. The Labute approximate surface area is 154 Å². The van der Waals surface area contributed by atoms with Crippen LogP contribution in [-0.2, 0) is 0 Å². The molecule has 24 heavy (non-hydrogen) atoms. The van der Waals surface area contributed by atoms with Crippen molar-refractivity contribution < 1.29 is 0 Å². The maximum atomic E-state index is 4.17. The zero-order valence-corrected chi connectivity index (χ0v) is 17.7. The van der Waals surface area contributed by atoms with Crippen molar-refractivity contribution in [3.63, 3.8) is 0 Å². The van der Waals surface area contributed by atoms with Crippen molar-refractivity contribution in [2.75, 3.05) is 0 Å². The van der Waals surface area contributed by atoms with Gasteiger partial charge < -0.3 is 0 Å². The Hall–Kier alpha value is -0.260. The van der Waals surface area contributed by atoms with E-state index in [1.807, 2.05) is 0 Å². The van der Waals surface area contributed by atoms with Gasteiger partial charge in [0.1, 0.15) is 0 Å². The molecule has 0 aliphatic carbocycles. The van der Waals surface area contributed by atoms with Gasteiger partial charge in [0, 0.05) is 0 Å². The first kappa shape index (κ1) is 23.7. The fraction of sp³-hybridized carbons (Fsp3) is 0.917. The van der Waals surface area contributed by atoms with Gasteiger partial charge in [-0.3, -0.25) is 0 Å². The summed E-state index contributed by atoms with van der Waals surface area (Å²) in [4.78, 5) is 0. The third kappa shape index (κ3) is 12.2. The summed E-state index contributed by atoms with van der Waals surface area (Å²) < 4.78 is 0. The van der Waals surface area contributed by atoms with E-state index in [1.54, 1.807) is 0 Å². The van der Waals surface area contributed by atoms with Gasteiger partial charge in [0.15, 0.2) is 0 Å². The van der Waals surface area contributed by atoms with Crippen molar-refractivity contribution in [3.8, 4) is 0 Å². The molecule has 0 amide bonds. The molecule has 0 fully saturated rings. The van der Waals surface area contributed by atoms with Gasteiger partial charge in [-0.2, -0.15) is 0 Å². The van der Waals surface area contributed by atoms with Crippen LogP contribution in [0.15, 0.2) is 12.7 Å². The average Bonchev–Trinajstić information content (AvgIpc) is 2.59. The fourth-order valence-electron chi connectivity index (χ4n) is 3.75. The summed E-state index contributed by atoms with van der Waals surface area (Å²) in [6.45, 7) is 13.7. The molecule has 0 bridgehead atoms. The van der Waals surface area contributed by atoms with Gasteiger partial charge >= 0.3 is 0 Å². The highest BCUT2D eigenvalue weighted by Crippen LogP contribution is 2.37. The Bertz CT molecular complexity index is 267. The normalized spacial score (nSPS) is 15.2. The smallest absolute Gasteiger partial charge is 0.0124 e. The van der Waals surface area contributed by atoms with Gasteiger partial charge in [-0.05, 0) is 24.2 Å². The highest BCUT2D eigenvalue weighted by molar-refractivity contribution is 4.94. The summed E-state index contributed by atoms with van der Waals surface area (Å²) in [6.07, 6.45) is 24.8. The van der Waals surface area contributed by atoms with E-state index in [2.05, 4.69) is 40.3 Å². The molecule has 0 aromatic heterocycles. The van der Waals surface area contributed by atoms with Crippen molar-refractivity contribution in [2.45, 2.75) is 130 Å². The zero-order chi connectivity index (χ0) is 18.1. The molecule has 0 aromatic carbocycles. The standard InChI is InChI=1S/C24H48/c1-6-9-11-13-15-16-18-20-22-24(5,8-3)23(4)21-19-17-14-12-10-7-2/h8,23H,3,6-7,9-22H2,1-2,4-5H3. The SMILES string of the molecule is C=CC(C)(CCCCCCCCCC)C(C)CCCCCCCC. The summed E-state index contributed by atoms with van der Waals surface area (Å²) in [5.74, 6) is 0.783. The Morgan fingerprint density at radius 3 is 1.58 bits per heavy atom. The summed E-state index contributed by atoms with van der Waals surface area (Å²) in [6, 6.07) is 0. The lowest BCUT2D eigenvalue weighted by molar-refractivity contribution is 0.228. The van der Waals surface area contributed by atoms with Gasteiger partial charge in [-0.1, -0.05) is 124 Å². The quantitative estimate of drug-likeness (QED) is 0.173. The first-order valence-corrected chi connectivity index (χ1v) is 11.2. The van der Waals surface area contributed by atoms with Crippen LogP contribution >= 0.6 is 0 Å². The number of hydrogen-bond donors (Lipinski definition) is 0. The lowest BCUT2D eigenvalue weighted by atomic mass is 9.72. The molecule has 0 spiro atoms. The molecule has 0 radical (unpaired) electrons. The summed E-state index contributed by atoms with van der Waals surface area (Å²) >= 11 is 0. The Balaban J connectivity index is 3.78. The van der Waals surface area contributed by atoms with Crippen LogP contribution < -0.4 is 0 Å². The minimum Gasteiger partial charge on any atom is -0.103 e. The number of rotatable bonds is 18. The van der Waals surface area contributed by atoms with Gasteiger partial charge in [0.2, 0.25) is 0 Å². The molecule has 0 nitrogen and oxygen atoms in total. The van der Waals surface area contributed by atoms with Crippen molar-refractivity contribution in [2.24, 2.45) is 11.3 Å². The number of allylic oxidation sites excluding steroid dienone is 1.